The lowest BCUT2D eigenvalue weighted by Crippen LogP contribution is -2.43. The van der Waals surface area contributed by atoms with E-state index in [-0.39, 0.29) is 11.5 Å². The Labute approximate surface area is 128 Å². The van der Waals surface area contributed by atoms with Crippen molar-refractivity contribution >= 4 is 6.09 Å². The summed E-state index contributed by atoms with van der Waals surface area (Å²) in [5.74, 6) is 0. The summed E-state index contributed by atoms with van der Waals surface area (Å²) in [5, 5.41) is 0. The molecule has 0 bridgehead atoms. The molecule has 0 saturated carbocycles. The fraction of sp³-hybridized carbons (Fsp3) is 0.588. The number of carbonyl (C=O) groups excluding carboxylic acids is 1. The van der Waals surface area contributed by atoms with Gasteiger partial charge in [0, 0.05) is 0 Å². The van der Waals surface area contributed by atoms with Crippen LogP contribution in [0.1, 0.15) is 59.6 Å². The third kappa shape index (κ3) is 7.71. The van der Waals surface area contributed by atoms with Gasteiger partial charge in [-0.25, -0.2) is 10.2 Å². The van der Waals surface area contributed by atoms with Crippen molar-refractivity contribution in [3.8, 4) is 0 Å². The summed E-state index contributed by atoms with van der Waals surface area (Å²) in [7, 11) is 0. The Bertz CT molecular complexity index is 444. The first-order chi connectivity index (χ1) is 9.57. The summed E-state index contributed by atoms with van der Waals surface area (Å²) < 4.78 is 5.24. The Hall–Kier alpha value is -1.55. The molecule has 2 N–H and O–H groups in total. The van der Waals surface area contributed by atoms with Gasteiger partial charge in [-0.1, -0.05) is 51.1 Å². The number of hydrogen-bond acceptors (Lipinski definition) is 3. The molecule has 1 atom stereocenters. The van der Waals surface area contributed by atoms with Gasteiger partial charge in [-0.3, -0.25) is 5.43 Å². The van der Waals surface area contributed by atoms with E-state index in [1.165, 1.54) is 0 Å². The van der Waals surface area contributed by atoms with E-state index in [0.29, 0.717) is 0 Å². The summed E-state index contributed by atoms with van der Waals surface area (Å²) in [6, 6.07) is 10.1. The molecule has 1 aromatic rings. The Morgan fingerprint density at radius 1 is 1.10 bits per heavy atom. The molecule has 4 heteroatoms. The molecule has 0 aliphatic carbocycles. The van der Waals surface area contributed by atoms with E-state index in [2.05, 4.69) is 43.8 Å². The minimum Gasteiger partial charge on any atom is -0.443 e. The van der Waals surface area contributed by atoms with E-state index in [1.807, 2.05) is 39.0 Å². The summed E-state index contributed by atoms with van der Waals surface area (Å²) in [5.41, 5.74) is 6.52. The monoisotopic (exact) mass is 292 g/mol. The smallest absolute Gasteiger partial charge is 0.422 e. The predicted molar refractivity (Wildman–Crippen MR) is 85.8 cm³/mol. The average Bonchev–Trinajstić information content (AvgIpc) is 2.32. The standard InChI is InChI=1S/C17H28N2O2/c1-16(2,3)12-14(13-10-8-7-9-11-13)18-19-15(20)21-17(4,5)6/h7-11,14,18H,12H2,1-6H3,(H,19,20). The van der Waals surface area contributed by atoms with E-state index in [4.69, 9.17) is 4.74 Å². The maximum atomic E-state index is 11.8. The Morgan fingerprint density at radius 3 is 2.14 bits per heavy atom. The van der Waals surface area contributed by atoms with Crippen molar-refractivity contribution in [2.24, 2.45) is 5.41 Å². The van der Waals surface area contributed by atoms with Crippen LogP contribution in [-0.4, -0.2) is 11.7 Å². The highest BCUT2D eigenvalue weighted by Crippen LogP contribution is 2.28. The van der Waals surface area contributed by atoms with Gasteiger partial charge in [0.05, 0.1) is 6.04 Å². The molecule has 1 aromatic carbocycles. The normalized spacial score (nSPS) is 13.6. The largest absolute Gasteiger partial charge is 0.443 e. The van der Waals surface area contributed by atoms with Gasteiger partial charge in [-0.05, 0) is 38.2 Å². The van der Waals surface area contributed by atoms with Crippen molar-refractivity contribution in [2.45, 2.75) is 59.6 Å². The fourth-order valence-electron chi connectivity index (χ4n) is 2.00. The molecule has 0 saturated heterocycles. The minimum atomic E-state index is -0.502. The second kappa shape index (κ2) is 6.94. The maximum absolute atomic E-state index is 11.8. The van der Waals surface area contributed by atoms with Gasteiger partial charge in [0.2, 0.25) is 0 Å². The predicted octanol–water partition coefficient (Wildman–Crippen LogP) is 4.19. The topological polar surface area (TPSA) is 50.4 Å². The minimum absolute atomic E-state index is 0.0405. The molecule has 21 heavy (non-hydrogen) atoms. The van der Waals surface area contributed by atoms with Crippen LogP contribution in [0.25, 0.3) is 0 Å². The third-order valence-electron chi connectivity index (χ3n) is 2.77. The number of carbonyl (C=O) groups is 1. The van der Waals surface area contributed by atoms with E-state index >= 15 is 0 Å². The summed E-state index contributed by atoms with van der Waals surface area (Å²) in [6.45, 7) is 12.1. The molecule has 0 spiro atoms. The number of amides is 1. The van der Waals surface area contributed by atoms with Crippen LogP contribution in [0.15, 0.2) is 30.3 Å². The first-order valence-electron chi connectivity index (χ1n) is 7.36. The zero-order valence-electron chi connectivity index (χ0n) is 14.0. The van der Waals surface area contributed by atoms with Crippen LogP contribution in [0.4, 0.5) is 4.79 Å². The molecule has 1 unspecified atom stereocenters. The Balaban J connectivity index is 2.69. The number of rotatable bonds is 4. The van der Waals surface area contributed by atoms with Gasteiger partial charge in [-0.2, -0.15) is 0 Å². The highest BCUT2D eigenvalue weighted by Gasteiger charge is 2.22. The van der Waals surface area contributed by atoms with Crippen molar-refractivity contribution in [2.75, 3.05) is 0 Å². The molecule has 0 aromatic heterocycles. The van der Waals surface area contributed by atoms with E-state index < -0.39 is 11.7 Å². The van der Waals surface area contributed by atoms with Crippen LogP contribution in [0.3, 0.4) is 0 Å². The third-order valence-corrected chi connectivity index (χ3v) is 2.77. The van der Waals surface area contributed by atoms with Gasteiger partial charge < -0.3 is 4.74 Å². The summed E-state index contributed by atoms with van der Waals surface area (Å²) in [6.07, 6.45) is 0.435. The number of hydrogen-bond donors (Lipinski definition) is 2. The van der Waals surface area contributed by atoms with Crippen LogP contribution >= 0.6 is 0 Å². The van der Waals surface area contributed by atoms with Crippen LogP contribution in [0.2, 0.25) is 0 Å². The average molecular weight is 292 g/mol. The van der Waals surface area contributed by atoms with Crippen molar-refractivity contribution in [1.82, 2.24) is 10.9 Å². The van der Waals surface area contributed by atoms with Gasteiger partial charge in [0.25, 0.3) is 0 Å². The van der Waals surface area contributed by atoms with E-state index in [9.17, 15) is 4.79 Å². The van der Waals surface area contributed by atoms with Crippen molar-refractivity contribution in [1.29, 1.82) is 0 Å². The van der Waals surface area contributed by atoms with Crippen LogP contribution in [-0.2, 0) is 4.74 Å². The Kier molecular flexibility index (Phi) is 5.78. The van der Waals surface area contributed by atoms with Gasteiger partial charge in [-0.15, -0.1) is 0 Å². The lowest BCUT2D eigenvalue weighted by Gasteiger charge is -2.28. The number of benzene rings is 1. The molecule has 4 nitrogen and oxygen atoms in total. The molecular formula is C17H28N2O2. The summed E-state index contributed by atoms with van der Waals surface area (Å²) >= 11 is 0. The van der Waals surface area contributed by atoms with Crippen LogP contribution < -0.4 is 10.9 Å². The molecule has 0 heterocycles. The van der Waals surface area contributed by atoms with Crippen molar-refractivity contribution in [3.05, 3.63) is 35.9 Å². The molecule has 118 valence electrons. The fourth-order valence-corrected chi connectivity index (χ4v) is 2.00. The van der Waals surface area contributed by atoms with Gasteiger partial charge in [0.15, 0.2) is 0 Å². The highest BCUT2D eigenvalue weighted by molar-refractivity contribution is 5.67. The molecule has 0 fully saturated rings. The number of ether oxygens (including phenoxy) is 1. The maximum Gasteiger partial charge on any atom is 0.422 e. The van der Waals surface area contributed by atoms with Gasteiger partial charge in [0.1, 0.15) is 5.60 Å². The molecule has 0 aliphatic heterocycles. The molecule has 0 aliphatic rings. The lowest BCUT2D eigenvalue weighted by molar-refractivity contribution is 0.0481. The van der Waals surface area contributed by atoms with Gasteiger partial charge >= 0.3 is 6.09 Å². The second-order valence-corrected chi connectivity index (χ2v) is 7.50. The first-order valence-corrected chi connectivity index (χ1v) is 7.36. The molecule has 1 rings (SSSR count). The summed E-state index contributed by atoms with van der Waals surface area (Å²) in [4.78, 5) is 11.8. The number of nitrogens with one attached hydrogen (secondary N) is 2. The quantitative estimate of drug-likeness (QED) is 0.818. The molecule has 0 radical (unpaired) electrons. The second-order valence-electron chi connectivity index (χ2n) is 7.50. The van der Waals surface area contributed by atoms with Crippen molar-refractivity contribution < 1.29 is 9.53 Å². The lowest BCUT2D eigenvalue weighted by atomic mass is 9.86. The molecule has 1 amide bonds. The zero-order valence-corrected chi connectivity index (χ0v) is 14.0. The zero-order chi connectivity index (χ0) is 16.1. The van der Waals surface area contributed by atoms with Crippen molar-refractivity contribution in [3.63, 3.8) is 0 Å². The number of hydrazine groups is 1. The van der Waals surface area contributed by atoms with Crippen LogP contribution in [0.5, 0.6) is 0 Å². The Morgan fingerprint density at radius 2 is 1.67 bits per heavy atom. The van der Waals surface area contributed by atoms with E-state index in [1.54, 1.807) is 0 Å². The highest BCUT2D eigenvalue weighted by atomic mass is 16.6. The van der Waals surface area contributed by atoms with E-state index in [0.717, 1.165) is 12.0 Å². The first kappa shape index (κ1) is 17.5. The SMILES string of the molecule is CC(C)(C)CC(NNC(=O)OC(C)(C)C)c1ccccc1. The molecular weight excluding hydrogens is 264 g/mol. The van der Waals surface area contributed by atoms with Crippen LogP contribution in [0, 0.1) is 5.41 Å².